The fourth-order valence-electron chi connectivity index (χ4n) is 1.66. The molecular formula is C12H4Cl3FN2S. The number of hydrogen-bond donors (Lipinski definition) is 0. The van der Waals surface area contributed by atoms with Gasteiger partial charge in [0, 0.05) is 5.56 Å². The van der Waals surface area contributed by atoms with Crippen molar-refractivity contribution in [1.29, 1.82) is 0 Å². The summed E-state index contributed by atoms with van der Waals surface area (Å²) in [5, 5.41) is 1.63. The van der Waals surface area contributed by atoms with Gasteiger partial charge in [0.05, 0.1) is 20.9 Å². The maximum absolute atomic E-state index is 13.7. The van der Waals surface area contributed by atoms with Crippen LogP contribution in [0.5, 0.6) is 0 Å². The number of rotatable bonds is 1. The molecule has 0 atom stereocenters. The molecular weight excluding hydrogens is 330 g/mol. The van der Waals surface area contributed by atoms with E-state index < -0.39 is 5.82 Å². The van der Waals surface area contributed by atoms with Crippen LogP contribution < -0.4 is 0 Å². The third-order valence-electron chi connectivity index (χ3n) is 2.51. The van der Waals surface area contributed by atoms with Crippen LogP contribution in [0.3, 0.4) is 0 Å². The minimum Gasteiger partial charge on any atom is -0.240 e. The molecule has 0 saturated carbocycles. The fraction of sp³-hybridized carbons (Fsp3) is 0. The Bertz CT molecular complexity index is 729. The van der Waals surface area contributed by atoms with Gasteiger partial charge in [-0.1, -0.05) is 40.9 Å². The third kappa shape index (κ3) is 2.19. The SMILES string of the molecule is Fc1cnc(Cl)c2sc(-c3c(Cl)cccc3Cl)nc12. The van der Waals surface area contributed by atoms with E-state index in [9.17, 15) is 4.39 Å². The van der Waals surface area contributed by atoms with E-state index >= 15 is 0 Å². The van der Waals surface area contributed by atoms with Crippen molar-refractivity contribution in [2.75, 3.05) is 0 Å². The summed E-state index contributed by atoms with van der Waals surface area (Å²) in [6.45, 7) is 0. The summed E-state index contributed by atoms with van der Waals surface area (Å²) in [6, 6.07) is 5.13. The smallest absolute Gasteiger partial charge is 0.168 e. The molecule has 2 heterocycles. The highest BCUT2D eigenvalue weighted by Gasteiger charge is 2.17. The van der Waals surface area contributed by atoms with E-state index in [1.165, 1.54) is 11.3 Å². The Kier molecular flexibility index (Phi) is 3.35. The Hall–Kier alpha value is -0.940. The summed E-state index contributed by atoms with van der Waals surface area (Å²) in [7, 11) is 0. The third-order valence-corrected chi connectivity index (χ3v) is 4.62. The Morgan fingerprint density at radius 2 is 1.79 bits per heavy atom. The van der Waals surface area contributed by atoms with Crippen molar-refractivity contribution in [3.8, 4) is 10.6 Å². The van der Waals surface area contributed by atoms with E-state index in [-0.39, 0.29) is 10.7 Å². The molecule has 0 aliphatic rings. The van der Waals surface area contributed by atoms with Crippen molar-refractivity contribution in [2.24, 2.45) is 0 Å². The molecule has 19 heavy (non-hydrogen) atoms. The molecule has 1 aromatic carbocycles. The minimum atomic E-state index is -0.523. The van der Waals surface area contributed by atoms with Crippen LogP contribution in [-0.4, -0.2) is 9.97 Å². The number of pyridine rings is 1. The second-order valence-corrected chi connectivity index (χ2v) is 5.86. The Morgan fingerprint density at radius 3 is 2.42 bits per heavy atom. The van der Waals surface area contributed by atoms with Gasteiger partial charge in [-0.3, -0.25) is 0 Å². The van der Waals surface area contributed by atoms with Crippen LogP contribution in [0.1, 0.15) is 0 Å². The van der Waals surface area contributed by atoms with E-state index in [1.807, 2.05) is 0 Å². The Labute approximate surface area is 126 Å². The lowest BCUT2D eigenvalue weighted by atomic mass is 10.2. The van der Waals surface area contributed by atoms with Crippen molar-refractivity contribution in [2.45, 2.75) is 0 Å². The lowest BCUT2D eigenvalue weighted by Gasteiger charge is -2.01. The average Bonchev–Trinajstić information content (AvgIpc) is 2.80. The first-order chi connectivity index (χ1) is 9.08. The zero-order valence-corrected chi connectivity index (χ0v) is 12.2. The monoisotopic (exact) mass is 332 g/mol. The predicted octanol–water partition coefficient (Wildman–Crippen LogP) is 5.46. The van der Waals surface area contributed by atoms with E-state index in [4.69, 9.17) is 34.8 Å². The van der Waals surface area contributed by atoms with Gasteiger partial charge in [-0.2, -0.15) is 0 Å². The molecule has 3 aromatic rings. The number of hydrogen-bond acceptors (Lipinski definition) is 3. The van der Waals surface area contributed by atoms with Gasteiger partial charge in [-0.05, 0) is 12.1 Å². The molecule has 0 bridgehead atoms. The minimum absolute atomic E-state index is 0.177. The van der Waals surface area contributed by atoms with E-state index in [2.05, 4.69) is 9.97 Å². The molecule has 96 valence electrons. The number of benzene rings is 1. The quantitative estimate of drug-likeness (QED) is 0.553. The number of nitrogens with zero attached hydrogens (tertiary/aromatic N) is 2. The van der Waals surface area contributed by atoms with E-state index in [1.54, 1.807) is 18.2 Å². The summed E-state index contributed by atoms with van der Waals surface area (Å²) in [6.07, 6.45) is 1.04. The first-order valence-corrected chi connectivity index (χ1v) is 7.08. The van der Waals surface area contributed by atoms with Crippen molar-refractivity contribution in [3.05, 3.63) is 45.4 Å². The zero-order valence-electron chi connectivity index (χ0n) is 9.12. The van der Waals surface area contributed by atoms with Crippen molar-refractivity contribution in [3.63, 3.8) is 0 Å². The normalized spacial score (nSPS) is 11.2. The lowest BCUT2D eigenvalue weighted by Crippen LogP contribution is -1.83. The second-order valence-electron chi connectivity index (χ2n) is 3.69. The number of aromatic nitrogens is 2. The first kappa shape index (κ1) is 13.1. The molecule has 0 amide bonds. The lowest BCUT2D eigenvalue weighted by molar-refractivity contribution is 0.631. The van der Waals surface area contributed by atoms with Crippen LogP contribution in [0.4, 0.5) is 4.39 Å². The topological polar surface area (TPSA) is 25.8 Å². The van der Waals surface area contributed by atoms with E-state index in [0.29, 0.717) is 25.3 Å². The molecule has 0 radical (unpaired) electrons. The zero-order chi connectivity index (χ0) is 13.6. The highest BCUT2D eigenvalue weighted by molar-refractivity contribution is 7.22. The maximum Gasteiger partial charge on any atom is 0.168 e. The molecule has 2 nitrogen and oxygen atoms in total. The summed E-state index contributed by atoms with van der Waals surface area (Å²) >= 11 is 19.4. The summed E-state index contributed by atoms with van der Waals surface area (Å²) in [4.78, 5) is 7.97. The van der Waals surface area contributed by atoms with Gasteiger partial charge in [-0.15, -0.1) is 11.3 Å². The molecule has 0 saturated heterocycles. The molecule has 0 N–H and O–H groups in total. The fourth-order valence-corrected chi connectivity index (χ4v) is 3.64. The molecule has 0 unspecified atom stereocenters. The van der Waals surface area contributed by atoms with Crippen molar-refractivity contribution in [1.82, 2.24) is 9.97 Å². The van der Waals surface area contributed by atoms with Crippen LogP contribution in [0.2, 0.25) is 15.2 Å². The molecule has 0 aliphatic heterocycles. The first-order valence-electron chi connectivity index (χ1n) is 5.13. The molecule has 3 rings (SSSR count). The van der Waals surface area contributed by atoms with Gasteiger partial charge < -0.3 is 0 Å². The summed E-state index contributed by atoms with van der Waals surface area (Å²) in [5.41, 5.74) is 0.749. The van der Waals surface area contributed by atoms with Gasteiger partial charge in [0.2, 0.25) is 0 Å². The van der Waals surface area contributed by atoms with Crippen molar-refractivity contribution >= 4 is 56.4 Å². The van der Waals surface area contributed by atoms with Gasteiger partial charge in [0.15, 0.2) is 5.82 Å². The number of fused-ring (bicyclic) bond motifs is 1. The largest absolute Gasteiger partial charge is 0.240 e. The van der Waals surface area contributed by atoms with Crippen LogP contribution in [0.15, 0.2) is 24.4 Å². The summed E-state index contributed by atoms with van der Waals surface area (Å²) < 4.78 is 14.1. The van der Waals surface area contributed by atoms with Crippen molar-refractivity contribution < 1.29 is 4.39 Å². The Balaban J connectivity index is 2.33. The average molecular weight is 334 g/mol. The molecule has 7 heteroatoms. The predicted molar refractivity (Wildman–Crippen MR) is 77.8 cm³/mol. The van der Waals surface area contributed by atoms with Crippen LogP contribution in [0.25, 0.3) is 20.8 Å². The molecule has 0 aliphatic carbocycles. The summed E-state index contributed by atoms with van der Waals surface area (Å²) in [5.74, 6) is -0.523. The van der Waals surface area contributed by atoms with E-state index in [0.717, 1.165) is 6.20 Å². The van der Waals surface area contributed by atoms with Gasteiger partial charge in [0.25, 0.3) is 0 Å². The standard InChI is InChI=1S/C12H4Cl3FN2S/c13-5-2-1-3-6(14)8(5)12-18-9-7(16)4-17-11(15)10(9)19-12/h1-4H. The number of halogens is 4. The van der Waals surface area contributed by atoms with Crippen LogP contribution in [0, 0.1) is 5.82 Å². The number of thiazole rings is 1. The Morgan fingerprint density at radius 1 is 1.11 bits per heavy atom. The maximum atomic E-state index is 13.7. The molecule has 0 fully saturated rings. The van der Waals surface area contributed by atoms with Crippen LogP contribution >= 0.6 is 46.1 Å². The van der Waals surface area contributed by atoms with Gasteiger partial charge in [0.1, 0.15) is 15.7 Å². The van der Waals surface area contributed by atoms with Gasteiger partial charge >= 0.3 is 0 Å². The highest BCUT2D eigenvalue weighted by Crippen LogP contribution is 2.40. The molecule has 2 aromatic heterocycles. The molecule has 0 spiro atoms. The second kappa shape index (κ2) is 4.87. The van der Waals surface area contributed by atoms with Gasteiger partial charge in [-0.25, -0.2) is 14.4 Å². The highest BCUT2D eigenvalue weighted by atomic mass is 35.5. The van der Waals surface area contributed by atoms with Crippen LogP contribution in [-0.2, 0) is 0 Å².